The van der Waals surface area contributed by atoms with E-state index in [4.69, 9.17) is 9.47 Å². The first-order valence-corrected chi connectivity index (χ1v) is 7.47. The molecule has 0 radical (unpaired) electrons. The number of amides is 1. The van der Waals surface area contributed by atoms with Crippen LogP contribution >= 0.6 is 0 Å². The lowest BCUT2D eigenvalue weighted by Crippen LogP contribution is -2.37. The van der Waals surface area contributed by atoms with Gasteiger partial charge in [-0.05, 0) is 41.8 Å². The second-order valence-electron chi connectivity index (χ2n) is 5.50. The molecule has 0 fully saturated rings. The van der Waals surface area contributed by atoms with Gasteiger partial charge in [-0.1, -0.05) is 24.3 Å². The van der Waals surface area contributed by atoms with Gasteiger partial charge in [0.15, 0.2) is 6.79 Å². The van der Waals surface area contributed by atoms with E-state index in [1.165, 1.54) is 0 Å². The number of aliphatic hydroxyl groups is 1. The lowest BCUT2D eigenvalue weighted by molar-refractivity contribution is 0.0511. The van der Waals surface area contributed by atoms with E-state index >= 15 is 0 Å². The van der Waals surface area contributed by atoms with Gasteiger partial charge in [0.1, 0.15) is 5.75 Å². The number of carbonyl (C=O) groups is 1. The smallest absolute Gasteiger partial charge is 0.251 e. The molecule has 0 heterocycles. The lowest BCUT2D eigenvalue weighted by Gasteiger charge is -2.17. The van der Waals surface area contributed by atoms with Crippen molar-refractivity contribution in [2.75, 3.05) is 13.9 Å². The highest BCUT2D eigenvalue weighted by Gasteiger charge is 2.31. The topological polar surface area (TPSA) is 67.8 Å². The van der Waals surface area contributed by atoms with E-state index in [2.05, 4.69) is 5.32 Å². The van der Waals surface area contributed by atoms with Crippen LogP contribution in [0.4, 0.5) is 0 Å². The summed E-state index contributed by atoms with van der Waals surface area (Å²) in [6.07, 6.45) is -0.0301. The average molecular weight is 313 g/mol. The van der Waals surface area contributed by atoms with Gasteiger partial charge in [-0.15, -0.1) is 0 Å². The number of carbonyl (C=O) groups excluding carboxylic acids is 1. The van der Waals surface area contributed by atoms with Crippen molar-refractivity contribution in [3.05, 3.63) is 65.2 Å². The number of hydrogen-bond donors (Lipinski definition) is 2. The van der Waals surface area contributed by atoms with E-state index in [0.717, 1.165) is 11.1 Å². The molecule has 1 amide bonds. The van der Waals surface area contributed by atoms with E-state index in [9.17, 15) is 9.90 Å². The van der Waals surface area contributed by atoms with Crippen molar-refractivity contribution in [3.63, 3.8) is 0 Å². The molecule has 0 saturated heterocycles. The Balaban J connectivity index is 1.64. The molecule has 2 N–H and O–H groups in total. The van der Waals surface area contributed by atoms with Crippen LogP contribution in [-0.2, 0) is 11.2 Å². The maximum atomic E-state index is 12.3. The summed E-state index contributed by atoms with van der Waals surface area (Å²) in [4.78, 5) is 12.3. The summed E-state index contributed by atoms with van der Waals surface area (Å²) in [6, 6.07) is 14.2. The number of aliphatic hydroxyl groups excluding tert-OH is 1. The first kappa shape index (κ1) is 15.5. The Morgan fingerprint density at radius 2 is 1.96 bits per heavy atom. The molecule has 2 aromatic rings. The van der Waals surface area contributed by atoms with Crippen molar-refractivity contribution in [1.29, 1.82) is 0 Å². The molecule has 5 nitrogen and oxygen atoms in total. The van der Waals surface area contributed by atoms with Crippen LogP contribution in [0.15, 0.2) is 48.5 Å². The number of rotatable bonds is 5. The summed E-state index contributed by atoms with van der Waals surface area (Å²) in [5.41, 5.74) is 2.49. The van der Waals surface area contributed by atoms with Crippen LogP contribution in [0.3, 0.4) is 0 Å². The highest BCUT2D eigenvalue weighted by Crippen LogP contribution is 2.31. The summed E-state index contributed by atoms with van der Waals surface area (Å²) in [7, 11) is 1.55. The molecule has 1 aliphatic rings. The second-order valence-corrected chi connectivity index (χ2v) is 5.50. The zero-order chi connectivity index (χ0) is 16.2. The first-order valence-electron chi connectivity index (χ1n) is 7.47. The number of nitrogens with one attached hydrogen (secondary N) is 1. The number of benzene rings is 2. The molecule has 120 valence electrons. The fourth-order valence-corrected chi connectivity index (χ4v) is 2.79. The quantitative estimate of drug-likeness (QED) is 0.829. The molecule has 2 unspecified atom stereocenters. The van der Waals surface area contributed by atoms with Crippen LogP contribution in [0, 0.1) is 0 Å². The van der Waals surface area contributed by atoms with Gasteiger partial charge in [0.05, 0.1) is 12.1 Å². The van der Waals surface area contributed by atoms with Crippen LogP contribution in [0.1, 0.15) is 27.6 Å². The molecule has 2 atom stereocenters. The lowest BCUT2D eigenvalue weighted by atomic mass is 10.1. The molecule has 0 bridgehead atoms. The maximum absolute atomic E-state index is 12.3. The predicted octanol–water partition coefficient (Wildman–Crippen LogP) is 2.06. The Morgan fingerprint density at radius 1 is 1.22 bits per heavy atom. The molecule has 0 aliphatic heterocycles. The average Bonchev–Trinajstić information content (AvgIpc) is 2.90. The molecular weight excluding hydrogens is 294 g/mol. The molecule has 1 aliphatic carbocycles. The second kappa shape index (κ2) is 6.81. The van der Waals surface area contributed by atoms with Gasteiger partial charge in [-0.2, -0.15) is 0 Å². The van der Waals surface area contributed by atoms with E-state index in [-0.39, 0.29) is 18.7 Å². The normalized spacial score (nSPS) is 19.2. The van der Waals surface area contributed by atoms with Crippen molar-refractivity contribution in [2.45, 2.75) is 18.6 Å². The van der Waals surface area contributed by atoms with E-state index in [1.54, 1.807) is 31.4 Å². The summed E-state index contributed by atoms with van der Waals surface area (Å²) in [6.45, 7) is 0.165. The number of hydrogen-bond acceptors (Lipinski definition) is 4. The van der Waals surface area contributed by atoms with Crippen molar-refractivity contribution in [1.82, 2.24) is 5.32 Å². The number of ether oxygens (including phenoxy) is 2. The fraction of sp³-hybridized carbons (Fsp3) is 0.278. The molecule has 23 heavy (non-hydrogen) atoms. The Labute approximate surface area is 134 Å². The molecule has 3 rings (SSSR count). The van der Waals surface area contributed by atoms with Crippen molar-refractivity contribution < 1.29 is 19.4 Å². The van der Waals surface area contributed by atoms with Gasteiger partial charge in [0, 0.05) is 12.7 Å². The van der Waals surface area contributed by atoms with Gasteiger partial charge in [-0.3, -0.25) is 4.79 Å². The molecule has 2 aromatic carbocycles. The standard InChI is InChI=1S/C18H19NO4/c1-22-11-23-14-8-6-12(7-9-14)18(21)19-16-10-13-4-2-3-5-15(13)17(16)20/h2-9,16-17,20H,10-11H2,1H3,(H,19,21). The Bertz CT molecular complexity index is 684. The van der Waals surface area contributed by atoms with Gasteiger partial charge in [-0.25, -0.2) is 0 Å². The number of fused-ring (bicyclic) bond motifs is 1. The van der Waals surface area contributed by atoms with Crippen LogP contribution in [0.5, 0.6) is 5.75 Å². The summed E-state index contributed by atoms with van der Waals surface area (Å²) in [5.74, 6) is 0.428. The van der Waals surface area contributed by atoms with Crippen LogP contribution in [0.2, 0.25) is 0 Å². The van der Waals surface area contributed by atoms with Gasteiger partial charge in [0.2, 0.25) is 0 Å². The van der Waals surface area contributed by atoms with Crippen molar-refractivity contribution in [3.8, 4) is 5.75 Å². The highest BCUT2D eigenvalue weighted by molar-refractivity contribution is 5.94. The van der Waals surface area contributed by atoms with E-state index < -0.39 is 6.10 Å². The summed E-state index contributed by atoms with van der Waals surface area (Å²) < 4.78 is 10.1. The Kier molecular flexibility index (Phi) is 4.60. The Hall–Kier alpha value is -2.37. The van der Waals surface area contributed by atoms with Gasteiger partial charge < -0.3 is 19.9 Å². The molecule has 0 spiro atoms. The third-order valence-corrected chi connectivity index (χ3v) is 3.97. The minimum atomic E-state index is -0.667. The van der Waals surface area contributed by atoms with Crippen LogP contribution in [-0.4, -0.2) is 31.0 Å². The van der Waals surface area contributed by atoms with E-state index in [1.807, 2.05) is 24.3 Å². The summed E-state index contributed by atoms with van der Waals surface area (Å²) in [5, 5.41) is 13.2. The monoisotopic (exact) mass is 313 g/mol. The van der Waals surface area contributed by atoms with Crippen molar-refractivity contribution in [2.24, 2.45) is 0 Å². The third kappa shape index (κ3) is 3.36. The minimum absolute atomic E-state index is 0.165. The van der Waals surface area contributed by atoms with Crippen LogP contribution in [0.25, 0.3) is 0 Å². The molecule has 0 saturated carbocycles. The van der Waals surface area contributed by atoms with E-state index in [0.29, 0.717) is 17.7 Å². The molecular formula is C18H19NO4. The molecule has 5 heteroatoms. The third-order valence-electron chi connectivity index (χ3n) is 3.97. The van der Waals surface area contributed by atoms with Gasteiger partial charge in [0.25, 0.3) is 5.91 Å². The van der Waals surface area contributed by atoms with Crippen molar-refractivity contribution >= 4 is 5.91 Å². The predicted molar refractivity (Wildman–Crippen MR) is 85.3 cm³/mol. The zero-order valence-electron chi connectivity index (χ0n) is 12.9. The Morgan fingerprint density at radius 3 is 2.65 bits per heavy atom. The summed E-state index contributed by atoms with van der Waals surface area (Å²) >= 11 is 0. The zero-order valence-corrected chi connectivity index (χ0v) is 12.9. The first-order chi connectivity index (χ1) is 11.2. The largest absolute Gasteiger partial charge is 0.468 e. The minimum Gasteiger partial charge on any atom is -0.468 e. The maximum Gasteiger partial charge on any atom is 0.251 e. The van der Waals surface area contributed by atoms with Gasteiger partial charge >= 0.3 is 0 Å². The highest BCUT2D eigenvalue weighted by atomic mass is 16.7. The SMILES string of the molecule is COCOc1ccc(C(=O)NC2Cc3ccccc3C2O)cc1. The number of methoxy groups -OCH3 is 1. The fourth-order valence-electron chi connectivity index (χ4n) is 2.79. The van der Waals surface area contributed by atoms with Crippen LogP contribution < -0.4 is 10.1 Å². The molecule has 0 aromatic heterocycles.